The lowest BCUT2D eigenvalue weighted by Gasteiger charge is -2.33. The number of allylic oxidation sites excluding steroid dienone is 1. The van der Waals surface area contributed by atoms with Crippen molar-refractivity contribution in [1.29, 1.82) is 5.41 Å². The molecule has 4 N–H and O–H groups in total. The highest BCUT2D eigenvalue weighted by molar-refractivity contribution is 6.12. The predicted octanol–water partition coefficient (Wildman–Crippen LogP) is 8.86. The lowest BCUT2D eigenvalue weighted by atomic mass is 9.97. The first kappa shape index (κ1) is 41.2. The Labute approximate surface area is 327 Å². The van der Waals surface area contributed by atoms with Gasteiger partial charge >= 0.3 is 0 Å². The molecular formula is C45H60FN9. The Morgan fingerprint density at radius 2 is 1.95 bits per heavy atom. The van der Waals surface area contributed by atoms with E-state index in [1.807, 2.05) is 56.3 Å². The quantitative estimate of drug-likeness (QED) is 0.104. The maximum atomic E-state index is 14.9. The highest BCUT2D eigenvalue weighted by atomic mass is 19.1. The molecule has 0 radical (unpaired) electrons. The summed E-state index contributed by atoms with van der Waals surface area (Å²) in [5, 5.41) is 15.9. The monoisotopic (exact) mass is 745 g/mol. The van der Waals surface area contributed by atoms with Crippen molar-refractivity contribution in [3.05, 3.63) is 125 Å². The molecule has 0 bridgehead atoms. The van der Waals surface area contributed by atoms with Gasteiger partial charge in [0.1, 0.15) is 12.1 Å². The van der Waals surface area contributed by atoms with Crippen molar-refractivity contribution in [2.45, 2.75) is 85.7 Å². The minimum Gasteiger partial charge on any atom is -0.370 e. The smallest absolute Gasteiger partial charge is 0.184 e. The SMILES string of the molecule is C=CNc1ccc(C)c(C(=N)c2ccc(CC(C)N)nc2)c1.CC/C=C(\CN1CCC(CC)C1)N1CC=C(c2ccc(-c3ncn(CCC)n3)c(F)c2)CC1. The molecule has 0 spiro atoms. The third kappa shape index (κ3) is 11.3. The van der Waals surface area contributed by atoms with E-state index in [2.05, 4.69) is 69.7 Å². The summed E-state index contributed by atoms with van der Waals surface area (Å²) in [5.74, 6) is 1.06. The highest BCUT2D eigenvalue weighted by Crippen LogP contribution is 2.29. The number of nitrogens with two attached hydrogens (primary N) is 1. The molecule has 0 amide bonds. The highest BCUT2D eigenvalue weighted by Gasteiger charge is 2.24. The molecule has 6 rings (SSSR count). The van der Waals surface area contributed by atoms with Gasteiger partial charge in [0.2, 0.25) is 0 Å². The second kappa shape index (κ2) is 20.1. The molecule has 1 saturated heterocycles. The summed E-state index contributed by atoms with van der Waals surface area (Å²) in [6, 6.07) is 15.4. The molecule has 1 fully saturated rings. The number of rotatable bonds is 15. The van der Waals surface area contributed by atoms with Gasteiger partial charge in [-0.1, -0.05) is 58.1 Å². The van der Waals surface area contributed by atoms with E-state index in [-0.39, 0.29) is 11.9 Å². The Balaban J connectivity index is 0.000000229. The molecule has 4 heterocycles. The number of anilines is 1. The van der Waals surface area contributed by atoms with Crippen LogP contribution in [0.4, 0.5) is 10.1 Å². The zero-order valence-electron chi connectivity index (χ0n) is 33.5. The van der Waals surface area contributed by atoms with E-state index < -0.39 is 0 Å². The van der Waals surface area contributed by atoms with Gasteiger partial charge in [-0.15, -0.1) is 0 Å². The summed E-state index contributed by atoms with van der Waals surface area (Å²) in [6.07, 6.45) is 16.0. The first-order chi connectivity index (χ1) is 26.6. The van der Waals surface area contributed by atoms with E-state index in [1.165, 1.54) is 37.2 Å². The summed E-state index contributed by atoms with van der Waals surface area (Å²) in [6.45, 7) is 20.4. The van der Waals surface area contributed by atoms with Crippen molar-refractivity contribution < 1.29 is 4.39 Å². The van der Waals surface area contributed by atoms with E-state index in [0.717, 1.165) is 91.4 Å². The minimum absolute atomic E-state index is 0.0849. The number of hydrogen-bond donors (Lipinski definition) is 3. The van der Waals surface area contributed by atoms with E-state index in [4.69, 9.17) is 11.1 Å². The Kier molecular flexibility index (Phi) is 15.1. The van der Waals surface area contributed by atoms with Crippen LogP contribution >= 0.6 is 0 Å². The first-order valence-corrected chi connectivity index (χ1v) is 19.9. The van der Waals surface area contributed by atoms with Crippen molar-refractivity contribution in [1.82, 2.24) is 29.5 Å². The fraction of sp³-hybridized carbons (Fsp3) is 0.422. The molecule has 292 valence electrons. The minimum atomic E-state index is -0.254. The number of nitrogens with zero attached hydrogens (tertiary/aromatic N) is 6. The summed E-state index contributed by atoms with van der Waals surface area (Å²) in [4.78, 5) is 13.8. The molecule has 0 aliphatic carbocycles. The van der Waals surface area contributed by atoms with Crippen LogP contribution in [0, 0.1) is 24.1 Å². The second-order valence-corrected chi connectivity index (χ2v) is 14.8. The van der Waals surface area contributed by atoms with E-state index in [9.17, 15) is 4.39 Å². The molecule has 2 aliphatic rings. The van der Waals surface area contributed by atoms with Gasteiger partial charge in [-0.2, -0.15) is 5.10 Å². The second-order valence-electron chi connectivity index (χ2n) is 14.8. The Morgan fingerprint density at radius 3 is 2.58 bits per heavy atom. The largest absolute Gasteiger partial charge is 0.370 e. The molecule has 2 unspecified atom stereocenters. The molecule has 4 aromatic rings. The maximum absolute atomic E-state index is 14.9. The zero-order chi connectivity index (χ0) is 39.3. The van der Waals surface area contributed by atoms with Gasteiger partial charge in [0.05, 0.1) is 11.3 Å². The zero-order valence-corrected chi connectivity index (χ0v) is 33.5. The molecule has 2 atom stereocenters. The van der Waals surface area contributed by atoms with Crippen LogP contribution in [0.25, 0.3) is 17.0 Å². The molecule has 2 aliphatic heterocycles. The third-order valence-corrected chi connectivity index (χ3v) is 10.4. The van der Waals surface area contributed by atoms with Crippen molar-refractivity contribution in [3.63, 3.8) is 0 Å². The van der Waals surface area contributed by atoms with E-state index in [0.29, 0.717) is 17.1 Å². The average molecular weight is 746 g/mol. The molecular weight excluding hydrogens is 686 g/mol. The Morgan fingerprint density at radius 1 is 1.11 bits per heavy atom. The normalized spacial score (nSPS) is 16.6. The summed E-state index contributed by atoms with van der Waals surface area (Å²) < 4.78 is 16.7. The first-order valence-electron chi connectivity index (χ1n) is 19.9. The molecule has 2 aromatic carbocycles. The summed E-state index contributed by atoms with van der Waals surface area (Å²) in [5.41, 5.74) is 15.0. The fourth-order valence-electron chi connectivity index (χ4n) is 7.27. The Hall–Kier alpha value is -4.93. The van der Waals surface area contributed by atoms with Gasteiger partial charge in [0.25, 0.3) is 0 Å². The number of benzene rings is 2. The van der Waals surface area contributed by atoms with Crippen LogP contribution in [-0.4, -0.2) is 74.0 Å². The number of nitrogens with one attached hydrogen (secondary N) is 2. The topological polar surface area (TPSA) is 112 Å². The molecule has 10 heteroatoms. The number of hydrogen-bond acceptors (Lipinski definition) is 8. The number of halogens is 1. The van der Waals surface area contributed by atoms with Crippen LogP contribution in [0.2, 0.25) is 0 Å². The molecule has 0 saturated carbocycles. The fourth-order valence-corrected chi connectivity index (χ4v) is 7.27. The lowest BCUT2D eigenvalue weighted by molar-refractivity contribution is 0.286. The lowest BCUT2D eigenvalue weighted by Crippen LogP contribution is -2.34. The van der Waals surface area contributed by atoms with Crippen LogP contribution in [0.15, 0.2) is 91.7 Å². The van der Waals surface area contributed by atoms with Crippen molar-refractivity contribution in [2.75, 3.05) is 38.0 Å². The number of aryl methyl sites for hydroxylation is 2. The van der Waals surface area contributed by atoms with Crippen LogP contribution in [0.3, 0.4) is 0 Å². The van der Waals surface area contributed by atoms with Gasteiger partial charge in [0.15, 0.2) is 5.82 Å². The number of pyridine rings is 1. The predicted molar refractivity (Wildman–Crippen MR) is 226 cm³/mol. The van der Waals surface area contributed by atoms with Crippen molar-refractivity contribution in [3.8, 4) is 11.4 Å². The molecule has 9 nitrogen and oxygen atoms in total. The number of likely N-dealkylation sites (tertiary alicyclic amines) is 1. The molecule has 55 heavy (non-hydrogen) atoms. The van der Waals surface area contributed by atoms with Gasteiger partial charge in [-0.05, 0) is 111 Å². The summed E-state index contributed by atoms with van der Waals surface area (Å²) in [7, 11) is 0. The van der Waals surface area contributed by atoms with Crippen LogP contribution in [-0.2, 0) is 13.0 Å². The van der Waals surface area contributed by atoms with Crippen molar-refractivity contribution >= 4 is 17.0 Å². The van der Waals surface area contributed by atoms with Gasteiger partial charge in [-0.25, -0.2) is 9.37 Å². The Bertz CT molecular complexity index is 1940. The van der Waals surface area contributed by atoms with Crippen LogP contribution in [0.1, 0.15) is 87.7 Å². The average Bonchev–Trinajstić information content (AvgIpc) is 3.85. The standard InChI is InChI=1S/C27H38FN5.C18H22N4/c1-4-7-24(19-31-14-10-21(6-3)18-31)32-15-11-22(12-16-32)23-8-9-25(26(28)17-23)27-29-20-33(30-27)13-5-2;1-4-21-16-7-5-12(2)17(10-16)18(20)14-6-8-15(22-11-14)9-13(3)19/h7-9,11,17,20-21H,4-6,10,12-16,18-19H2,1-3H3;4-8,10-11,13,20-21H,1,9,19H2,2-3H3/b24-7+;. The molecule has 2 aromatic heterocycles. The van der Waals surface area contributed by atoms with E-state index in [1.54, 1.807) is 29.5 Å². The van der Waals surface area contributed by atoms with Gasteiger partial charge < -0.3 is 16.0 Å². The van der Waals surface area contributed by atoms with Crippen molar-refractivity contribution in [2.24, 2.45) is 11.7 Å². The van der Waals surface area contributed by atoms with Crippen LogP contribution in [0.5, 0.6) is 0 Å². The number of aromatic nitrogens is 4. The van der Waals surface area contributed by atoms with Gasteiger partial charge in [0, 0.05) is 79.6 Å². The van der Waals surface area contributed by atoms with Crippen LogP contribution < -0.4 is 11.1 Å². The summed E-state index contributed by atoms with van der Waals surface area (Å²) >= 11 is 0. The van der Waals surface area contributed by atoms with Gasteiger partial charge in [-0.3, -0.25) is 20.0 Å². The van der Waals surface area contributed by atoms with E-state index >= 15 is 0 Å². The third-order valence-electron chi connectivity index (χ3n) is 10.4. The maximum Gasteiger partial charge on any atom is 0.184 e.